The molecule has 1 N–H and O–H groups in total. The summed E-state index contributed by atoms with van der Waals surface area (Å²) < 4.78 is 0. The van der Waals surface area contributed by atoms with Crippen molar-refractivity contribution in [2.75, 3.05) is 0 Å². The van der Waals surface area contributed by atoms with E-state index in [9.17, 15) is 9.59 Å². The van der Waals surface area contributed by atoms with Crippen molar-refractivity contribution in [2.24, 2.45) is 0 Å². The largest absolute Gasteiger partial charge is 0.352 e. The minimum atomic E-state index is -0.581. The molecule has 0 radical (unpaired) electrons. The van der Waals surface area contributed by atoms with Crippen LogP contribution in [-0.4, -0.2) is 28.8 Å². The van der Waals surface area contributed by atoms with Crippen LogP contribution in [0.25, 0.3) is 0 Å². The lowest BCUT2D eigenvalue weighted by Crippen LogP contribution is -2.52. The number of rotatable bonds is 9. The normalized spacial score (nSPS) is 12.9. The maximum atomic E-state index is 13.1. The second-order valence-corrected chi connectivity index (χ2v) is 7.46. The van der Waals surface area contributed by atoms with Gasteiger partial charge in [0.1, 0.15) is 6.04 Å². The second kappa shape index (κ2) is 10.9. The number of hydrogen-bond donors (Lipinski definition) is 1. The van der Waals surface area contributed by atoms with Crippen molar-refractivity contribution in [3.05, 3.63) is 70.7 Å². The Balaban J connectivity index is 2.35. The highest BCUT2D eigenvalue weighted by Crippen LogP contribution is 2.18. The van der Waals surface area contributed by atoms with E-state index in [1.54, 1.807) is 11.0 Å². The van der Waals surface area contributed by atoms with Gasteiger partial charge in [-0.15, -0.1) is 0 Å². The lowest BCUT2D eigenvalue weighted by atomic mass is 10.0. The highest BCUT2D eigenvalue weighted by molar-refractivity contribution is 6.30. The van der Waals surface area contributed by atoms with Crippen molar-refractivity contribution in [1.29, 1.82) is 0 Å². The van der Waals surface area contributed by atoms with E-state index in [0.717, 1.165) is 17.5 Å². The molecule has 0 aliphatic rings. The number of benzene rings is 2. The molecule has 2 aromatic carbocycles. The molecule has 2 atom stereocenters. The molecule has 0 heterocycles. The van der Waals surface area contributed by atoms with Gasteiger partial charge < -0.3 is 10.2 Å². The van der Waals surface area contributed by atoms with Crippen molar-refractivity contribution < 1.29 is 9.59 Å². The number of carbonyl (C=O) groups excluding carboxylic acids is 2. The smallest absolute Gasteiger partial charge is 0.243 e. The Morgan fingerprint density at radius 2 is 1.71 bits per heavy atom. The van der Waals surface area contributed by atoms with Crippen LogP contribution in [0.15, 0.2) is 54.6 Å². The first kappa shape index (κ1) is 22.0. The van der Waals surface area contributed by atoms with Gasteiger partial charge >= 0.3 is 0 Å². The summed E-state index contributed by atoms with van der Waals surface area (Å²) in [6.45, 7) is 6.16. The molecule has 0 spiro atoms. The fourth-order valence-corrected chi connectivity index (χ4v) is 3.24. The van der Waals surface area contributed by atoms with Gasteiger partial charge in [0, 0.05) is 30.5 Å². The molecular formula is C23H29ClN2O2. The third kappa shape index (κ3) is 6.38. The highest BCUT2D eigenvalue weighted by atomic mass is 35.5. The number of halogens is 1. The average Bonchev–Trinajstić information content (AvgIpc) is 2.70. The van der Waals surface area contributed by atoms with Gasteiger partial charge in [-0.25, -0.2) is 0 Å². The lowest BCUT2D eigenvalue weighted by molar-refractivity contribution is -0.141. The summed E-state index contributed by atoms with van der Waals surface area (Å²) in [5, 5.41) is 3.66. The summed E-state index contributed by atoms with van der Waals surface area (Å²) in [5.74, 6) is -0.178. The number of nitrogens with zero attached hydrogens (tertiary/aromatic N) is 1. The Bertz CT molecular complexity index is 779. The van der Waals surface area contributed by atoms with E-state index in [2.05, 4.69) is 5.32 Å². The van der Waals surface area contributed by atoms with Crippen LogP contribution in [0.4, 0.5) is 0 Å². The van der Waals surface area contributed by atoms with E-state index in [1.807, 2.05) is 69.3 Å². The third-order valence-corrected chi connectivity index (χ3v) is 5.05. The Morgan fingerprint density at radius 1 is 1.04 bits per heavy atom. The maximum absolute atomic E-state index is 13.1. The summed E-state index contributed by atoms with van der Waals surface area (Å²) in [6, 6.07) is 16.7. The van der Waals surface area contributed by atoms with Crippen LogP contribution in [-0.2, 0) is 22.6 Å². The first-order valence-electron chi connectivity index (χ1n) is 9.82. The fraction of sp³-hybridized carbons (Fsp3) is 0.391. The van der Waals surface area contributed by atoms with Gasteiger partial charge in [-0.05, 0) is 36.6 Å². The van der Waals surface area contributed by atoms with Gasteiger partial charge in [0.05, 0.1) is 0 Å². The molecule has 0 aliphatic carbocycles. The predicted molar refractivity (Wildman–Crippen MR) is 114 cm³/mol. The third-order valence-electron chi connectivity index (χ3n) is 4.82. The zero-order chi connectivity index (χ0) is 20.5. The van der Waals surface area contributed by atoms with Crippen molar-refractivity contribution in [2.45, 2.75) is 58.7 Å². The van der Waals surface area contributed by atoms with Crippen molar-refractivity contribution >= 4 is 23.4 Å². The quantitative estimate of drug-likeness (QED) is 0.668. The molecule has 0 saturated carbocycles. The topological polar surface area (TPSA) is 49.4 Å². The lowest BCUT2D eigenvalue weighted by Gasteiger charge is -2.32. The van der Waals surface area contributed by atoms with Crippen LogP contribution < -0.4 is 5.32 Å². The molecule has 0 aromatic heterocycles. The molecule has 0 aliphatic heterocycles. The highest BCUT2D eigenvalue weighted by Gasteiger charge is 2.30. The van der Waals surface area contributed by atoms with E-state index in [-0.39, 0.29) is 17.9 Å². The van der Waals surface area contributed by atoms with Crippen LogP contribution in [0.1, 0.15) is 44.7 Å². The Kier molecular flexibility index (Phi) is 8.52. The minimum absolute atomic E-state index is 0.0514. The number of amides is 2. The van der Waals surface area contributed by atoms with Crippen molar-refractivity contribution in [3.8, 4) is 0 Å². The zero-order valence-corrected chi connectivity index (χ0v) is 17.6. The summed E-state index contributed by atoms with van der Waals surface area (Å²) >= 11 is 6.12. The molecule has 2 rings (SSSR count). The molecular weight excluding hydrogens is 372 g/mol. The first-order valence-corrected chi connectivity index (χ1v) is 10.2. The average molecular weight is 401 g/mol. The monoisotopic (exact) mass is 400 g/mol. The van der Waals surface area contributed by atoms with Gasteiger partial charge in [0.15, 0.2) is 0 Å². The van der Waals surface area contributed by atoms with Crippen molar-refractivity contribution in [1.82, 2.24) is 10.2 Å². The summed E-state index contributed by atoms with van der Waals surface area (Å²) in [5.41, 5.74) is 1.93. The molecule has 4 nitrogen and oxygen atoms in total. The van der Waals surface area contributed by atoms with E-state index in [1.165, 1.54) is 0 Å². The zero-order valence-electron chi connectivity index (χ0n) is 16.8. The molecule has 0 saturated heterocycles. The van der Waals surface area contributed by atoms with Gasteiger partial charge in [-0.2, -0.15) is 0 Å². The van der Waals surface area contributed by atoms with Crippen LogP contribution >= 0.6 is 11.6 Å². The molecule has 0 unspecified atom stereocenters. The Hall–Kier alpha value is -2.33. The minimum Gasteiger partial charge on any atom is -0.352 e. The van der Waals surface area contributed by atoms with E-state index in [4.69, 9.17) is 11.6 Å². The van der Waals surface area contributed by atoms with Crippen LogP contribution in [0.5, 0.6) is 0 Å². The second-order valence-electron chi connectivity index (χ2n) is 7.03. The Labute approximate surface area is 172 Å². The molecule has 2 amide bonds. The number of carbonyl (C=O) groups is 2. The van der Waals surface area contributed by atoms with Gasteiger partial charge in [-0.3, -0.25) is 9.59 Å². The number of nitrogens with one attached hydrogen (secondary N) is 1. The fourth-order valence-electron chi connectivity index (χ4n) is 3.03. The summed E-state index contributed by atoms with van der Waals surface area (Å²) in [6.07, 6.45) is 1.64. The van der Waals surface area contributed by atoms with Crippen molar-refractivity contribution in [3.63, 3.8) is 0 Å². The number of hydrogen-bond acceptors (Lipinski definition) is 2. The van der Waals surface area contributed by atoms with E-state index >= 15 is 0 Å². The van der Waals surface area contributed by atoms with Crippen LogP contribution in [0.2, 0.25) is 5.02 Å². The van der Waals surface area contributed by atoms with Gasteiger partial charge in [-0.1, -0.05) is 67.9 Å². The van der Waals surface area contributed by atoms with Gasteiger partial charge in [0.2, 0.25) is 11.8 Å². The molecule has 5 heteroatoms. The molecule has 2 aromatic rings. The molecule has 150 valence electrons. The summed E-state index contributed by atoms with van der Waals surface area (Å²) in [4.78, 5) is 27.6. The van der Waals surface area contributed by atoms with Crippen LogP contribution in [0.3, 0.4) is 0 Å². The van der Waals surface area contributed by atoms with E-state index in [0.29, 0.717) is 24.4 Å². The SMILES string of the molecule is CCC(=O)N(Cc1cccc(Cl)c1)[C@H](Cc1ccccc1)C(=O)N[C@@H](C)CC. The summed E-state index contributed by atoms with van der Waals surface area (Å²) in [7, 11) is 0. The molecule has 0 fully saturated rings. The molecule has 0 bridgehead atoms. The van der Waals surface area contributed by atoms with Crippen LogP contribution in [0, 0.1) is 0 Å². The standard InChI is InChI=1S/C23H29ClN2O2/c1-4-17(3)25-23(28)21(15-18-10-7-6-8-11-18)26(22(27)5-2)16-19-12-9-13-20(24)14-19/h6-14,17,21H,4-5,15-16H2,1-3H3,(H,25,28)/t17-,21+/m0/s1. The predicted octanol–water partition coefficient (Wildman–Crippen LogP) is 4.60. The molecule has 28 heavy (non-hydrogen) atoms. The Morgan fingerprint density at radius 3 is 2.32 bits per heavy atom. The van der Waals surface area contributed by atoms with E-state index < -0.39 is 6.04 Å². The van der Waals surface area contributed by atoms with Gasteiger partial charge in [0.25, 0.3) is 0 Å². The maximum Gasteiger partial charge on any atom is 0.243 e. The first-order chi connectivity index (χ1) is 13.4.